The first kappa shape index (κ1) is 20.2. The molecule has 0 N–H and O–H groups in total. The van der Waals surface area contributed by atoms with Crippen LogP contribution in [0.4, 0.5) is 10.1 Å². The number of rotatable bonds is 2. The van der Waals surface area contributed by atoms with Gasteiger partial charge in [0.1, 0.15) is 5.82 Å². The number of halogens is 3. The summed E-state index contributed by atoms with van der Waals surface area (Å²) in [5, 5.41) is 0.373. The minimum Gasteiger partial charge on any atom is -0.359 e. The van der Waals surface area contributed by atoms with Gasteiger partial charge in [0.05, 0.1) is 11.7 Å². The van der Waals surface area contributed by atoms with Crippen LogP contribution in [0.5, 0.6) is 0 Å². The zero-order valence-electron chi connectivity index (χ0n) is 15.7. The second-order valence-electron chi connectivity index (χ2n) is 7.86. The van der Waals surface area contributed by atoms with E-state index in [-0.39, 0.29) is 17.8 Å². The van der Waals surface area contributed by atoms with Crippen molar-refractivity contribution in [3.05, 3.63) is 63.3 Å². The van der Waals surface area contributed by atoms with Crippen molar-refractivity contribution in [3.8, 4) is 0 Å². The fourth-order valence-electron chi connectivity index (χ4n) is 3.41. The molecule has 27 heavy (non-hydrogen) atoms. The minimum atomic E-state index is -0.446. The third-order valence-electron chi connectivity index (χ3n) is 4.78. The molecule has 3 rings (SSSR count). The summed E-state index contributed by atoms with van der Waals surface area (Å²) in [5.74, 6) is -0.235. The van der Waals surface area contributed by atoms with Gasteiger partial charge < -0.3 is 9.80 Å². The Kier molecular flexibility index (Phi) is 5.82. The Balaban J connectivity index is 1.97. The first-order chi connectivity index (χ1) is 12.7. The molecular formula is C21H23BrClFN2O. The Labute approximate surface area is 173 Å². The van der Waals surface area contributed by atoms with E-state index in [0.717, 1.165) is 10.0 Å². The van der Waals surface area contributed by atoms with Gasteiger partial charge in [0.25, 0.3) is 0 Å². The third kappa shape index (κ3) is 4.46. The molecule has 0 spiro atoms. The van der Waals surface area contributed by atoms with Gasteiger partial charge in [0, 0.05) is 34.5 Å². The number of amides is 1. The van der Waals surface area contributed by atoms with E-state index in [4.69, 9.17) is 11.6 Å². The van der Waals surface area contributed by atoms with Gasteiger partial charge in [-0.3, -0.25) is 4.79 Å². The van der Waals surface area contributed by atoms with E-state index in [1.807, 2.05) is 54.8 Å². The van der Waals surface area contributed by atoms with Gasteiger partial charge in [-0.2, -0.15) is 0 Å². The van der Waals surface area contributed by atoms with Crippen LogP contribution in [0.3, 0.4) is 0 Å². The van der Waals surface area contributed by atoms with Crippen molar-refractivity contribution in [1.29, 1.82) is 0 Å². The summed E-state index contributed by atoms with van der Waals surface area (Å²) in [6, 6.07) is 12.6. The summed E-state index contributed by atoms with van der Waals surface area (Å²) in [7, 11) is 0. The van der Waals surface area contributed by atoms with Crippen LogP contribution >= 0.6 is 27.5 Å². The predicted octanol–water partition coefficient (Wildman–Crippen LogP) is 5.68. The standard InChI is InChI=1S/C21H23BrClFN2O/c1-21(2,3)20(27)25-10-11-26(18-9-8-16(23)12-17(18)24)19(13-25)14-4-6-15(22)7-5-14/h4-9,12,19H,10-11,13H2,1-3H3/t19-/m0/s1. The quantitative estimate of drug-likeness (QED) is 0.584. The number of hydrogen-bond donors (Lipinski definition) is 0. The topological polar surface area (TPSA) is 23.6 Å². The van der Waals surface area contributed by atoms with Gasteiger partial charge in [0.2, 0.25) is 5.91 Å². The van der Waals surface area contributed by atoms with E-state index < -0.39 is 5.41 Å². The second kappa shape index (κ2) is 7.80. The first-order valence-corrected chi connectivity index (χ1v) is 10.1. The molecule has 144 valence electrons. The van der Waals surface area contributed by atoms with Crippen molar-refractivity contribution in [1.82, 2.24) is 4.90 Å². The number of piperazine rings is 1. The average Bonchev–Trinajstić information content (AvgIpc) is 2.61. The molecular weight excluding hydrogens is 431 g/mol. The molecule has 1 heterocycles. The average molecular weight is 454 g/mol. The Hall–Kier alpha value is -1.59. The number of carbonyl (C=O) groups excluding carboxylic acids is 1. The molecule has 0 aromatic heterocycles. The summed E-state index contributed by atoms with van der Waals surface area (Å²) >= 11 is 9.38. The predicted molar refractivity (Wildman–Crippen MR) is 112 cm³/mol. The SMILES string of the molecule is CC(C)(C)C(=O)N1CCN(c2ccc(Cl)cc2F)[C@H](c2ccc(Br)cc2)C1. The molecule has 2 aromatic rings. The van der Waals surface area contributed by atoms with Crippen LogP contribution in [-0.4, -0.2) is 30.4 Å². The highest BCUT2D eigenvalue weighted by Crippen LogP contribution is 2.35. The fraction of sp³-hybridized carbons (Fsp3) is 0.381. The minimum absolute atomic E-state index is 0.112. The lowest BCUT2D eigenvalue weighted by molar-refractivity contribution is -0.140. The summed E-state index contributed by atoms with van der Waals surface area (Å²) in [4.78, 5) is 16.7. The van der Waals surface area contributed by atoms with Gasteiger partial charge in [-0.25, -0.2) is 4.39 Å². The molecule has 6 heteroatoms. The molecule has 0 unspecified atom stereocenters. The number of anilines is 1. The van der Waals surface area contributed by atoms with E-state index in [2.05, 4.69) is 15.9 Å². The molecule has 3 nitrogen and oxygen atoms in total. The molecule has 0 aliphatic carbocycles. The second-order valence-corrected chi connectivity index (χ2v) is 9.21. The van der Waals surface area contributed by atoms with Crippen molar-refractivity contribution >= 4 is 39.1 Å². The maximum Gasteiger partial charge on any atom is 0.228 e. The van der Waals surface area contributed by atoms with Crippen LogP contribution < -0.4 is 4.90 Å². The lowest BCUT2D eigenvalue weighted by atomic mass is 9.93. The zero-order valence-corrected chi connectivity index (χ0v) is 18.0. The fourth-order valence-corrected chi connectivity index (χ4v) is 3.84. The van der Waals surface area contributed by atoms with Crippen LogP contribution in [0.15, 0.2) is 46.9 Å². The highest BCUT2D eigenvalue weighted by Gasteiger charge is 2.35. The van der Waals surface area contributed by atoms with Crippen LogP contribution in [0.25, 0.3) is 0 Å². The Bertz CT molecular complexity index is 835. The van der Waals surface area contributed by atoms with E-state index in [0.29, 0.717) is 30.3 Å². The molecule has 1 fully saturated rings. The number of benzene rings is 2. The summed E-state index contributed by atoms with van der Waals surface area (Å²) < 4.78 is 15.6. The van der Waals surface area contributed by atoms with Crippen molar-refractivity contribution < 1.29 is 9.18 Å². The summed E-state index contributed by atoms with van der Waals surface area (Å²) in [6.07, 6.45) is 0. The maximum absolute atomic E-state index is 14.6. The molecule has 1 saturated heterocycles. The molecule has 0 radical (unpaired) electrons. The van der Waals surface area contributed by atoms with Crippen LogP contribution in [-0.2, 0) is 4.79 Å². The van der Waals surface area contributed by atoms with Crippen LogP contribution in [0.1, 0.15) is 32.4 Å². The highest BCUT2D eigenvalue weighted by atomic mass is 79.9. The van der Waals surface area contributed by atoms with E-state index in [1.54, 1.807) is 12.1 Å². The lowest BCUT2D eigenvalue weighted by Gasteiger charge is -2.44. The van der Waals surface area contributed by atoms with E-state index in [9.17, 15) is 9.18 Å². The number of hydrogen-bond acceptors (Lipinski definition) is 2. The third-order valence-corrected chi connectivity index (χ3v) is 5.55. The molecule has 1 aliphatic heterocycles. The van der Waals surface area contributed by atoms with Crippen molar-refractivity contribution in [2.75, 3.05) is 24.5 Å². The number of nitrogens with zero attached hydrogens (tertiary/aromatic N) is 2. The van der Waals surface area contributed by atoms with Gasteiger partial charge in [-0.1, -0.05) is 60.4 Å². The van der Waals surface area contributed by atoms with Crippen LogP contribution in [0, 0.1) is 11.2 Å². The number of carbonyl (C=O) groups is 1. The molecule has 2 aromatic carbocycles. The van der Waals surface area contributed by atoms with Crippen molar-refractivity contribution in [2.45, 2.75) is 26.8 Å². The van der Waals surface area contributed by atoms with Crippen molar-refractivity contribution in [3.63, 3.8) is 0 Å². The van der Waals surface area contributed by atoms with E-state index in [1.165, 1.54) is 6.07 Å². The Morgan fingerprint density at radius 1 is 1.15 bits per heavy atom. The first-order valence-electron chi connectivity index (χ1n) is 8.93. The normalized spacial score (nSPS) is 17.9. The molecule has 1 aliphatic rings. The molecule has 1 amide bonds. The zero-order chi connectivity index (χ0) is 19.8. The monoisotopic (exact) mass is 452 g/mol. The van der Waals surface area contributed by atoms with Gasteiger partial charge >= 0.3 is 0 Å². The molecule has 0 bridgehead atoms. The van der Waals surface area contributed by atoms with E-state index >= 15 is 0 Å². The van der Waals surface area contributed by atoms with Gasteiger partial charge in [-0.15, -0.1) is 0 Å². The lowest BCUT2D eigenvalue weighted by Crippen LogP contribution is -2.53. The van der Waals surface area contributed by atoms with Gasteiger partial charge in [-0.05, 0) is 35.9 Å². The van der Waals surface area contributed by atoms with Crippen molar-refractivity contribution in [2.24, 2.45) is 5.41 Å². The largest absolute Gasteiger partial charge is 0.359 e. The summed E-state index contributed by atoms with van der Waals surface area (Å²) in [5.41, 5.74) is 1.10. The Morgan fingerprint density at radius 3 is 2.41 bits per heavy atom. The maximum atomic E-state index is 14.6. The van der Waals surface area contributed by atoms with Crippen LogP contribution in [0.2, 0.25) is 5.02 Å². The molecule has 0 saturated carbocycles. The Morgan fingerprint density at radius 2 is 1.81 bits per heavy atom. The molecule has 1 atom stereocenters. The highest BCUT2D eigenvalue weighted by molar-refractivity contribution is 9.10. The summed E-state index contributed by atoms with van der Waals surface area (Å²) in [6.45, 7) is 7.41. The smallest absolute Gasteiger partial charge is 0.228 e. The van der Waals surface area contributed by atoms with Gasteiger partial charge in [0.15, 0.2) is 0 Å².